The van der Waals surface area contributed by atoms with Crippen LogP contribution in [0.4, 0.5) is 5.69 Å². The van der Waals surface area contributed by atoms with Crippen molar-refractivity contribution in [3.63, 3.8) is 0 Å². The Morgan fingerprint density at radius 1 is 1.03 bits per heavy atom. The van der Waals surface area contributed by atoms with Crippen molar-refractivity contribution >= 4 is 33.8 Å². The highest BCUT2D eigenvalue weighted by Crippen LogP contribution is 2.32. The maximum absolute atomic E-state index is 12.4. The zero-order valence-corrected chi connectivity index (χ0v) is 21.9. The number of esters is 1. The zero-order chi connectivity index (χ0) is 26.9. The Balaban J connectivity index is 1.97. The van der Waals surface area contributed by atoms with E-state index in [0.717, 1.165) is 10.6 Å². The lowest BCUT2D eigenvalue weighted by atomic mass is 10.2. The van der Waals surface area contributed by atoms with Gasteiger partial charge in [0.1, 0.15) is 17.9 Å². The van der Waals surface area contributed by atoms with Crippen molar-refractivity contribution in [3.8, 4) is 17.2 Å². The van der Waals surface area contributed by atoms with Gasteiger partial charge in [0.05, 0.1) is 32.4 Å². The van der Waals surface area contributed by atoms with E-state index in [1.165, 1.54) is 32.6 Å². The Bertz CT molecular complexity index is 1190. The number of benzene rings is 2. The van der Waals surface area contributed by atoms with Crippen LogP contribution in [0.3, 0.4) is 0 Å². The third-order valence-electron chi connectivity index (χ3n) is 4.40. The van der Waals surface area contributed by atoms with E-state index in [1.807, 2.05) is 0 Å². The average Bonchev–Trinajstić information content (AvgIpc) is 2.79. The summed E-state index contributed by atoms with van der Waals surface area (Å²) in [7, 11) is -0.900. The van der Waals surface area contributed by atoms with Crippen LogP contribution < -0.4 is 23.9 Å². The molecule has 0 aliphatic rings. The number of sulfonamides is 1. The molecule has 36 heavy (non-hydrogen) atoms. The molecule has 196 valence electrons. The number of nitrogens with zero attached hydrogens (tertiary/aromatic N) is 2. The molecule has 0 aliphatic carbocycles. The monoisotopic (exact) mass is 521 g/mol. The first-order valence-electron chi connectivity index (χ1n) is 10.8. The molecule has 11 nitrogen and oxygen atoms in total. The maximum Gasteiger partial charge on any atom is 0.344 e. The van der Waals surface area contributed by atoms with Crippen molar-refractivity contribution in [1.82, 2.24) is 5.43 Å². The highest BCUT2D eigenvalue weighted by molar-refractivity contribution is 7.92. The molecule has 2 aromatic carbocycles. The van der Waals surface area contributed by atoms with Crippen LogP contribution in [0.15, 0.2) is 47.6 Å². The molecule has 0 aliphatic heterocycles. The first-order chi connectivity index (χ1) is 16.8. The molecular formula is C24H31N3O8S. The van der Waals surface area contributed by atoms with E-state index < -0.39 is 34.0 Å². The normalized spacial score (nSPS) is 11.6. The fraction of sp³-hybridized carbons (Fsp3) is 0.375. The zero-order valence-electron chi connectivity index (χ0n) is 21.1. The minimum Gasteiger partial charge on any atom is -0.493 e. The van der Waals surface area contributed by atoms with E-state index in [2.05, 4.69) is 10.5 Å². The Morgan fingerprint density at radius 3 is 2.22 bits per heavy atom. The second-order valence-electron chi connectivity index (χ2n) is 8.55. The molecule has 0 spiro atoms. The van der Waals surface area contributed by atoms with Gasteiger partial charge in [0, 0.05) is 6.07 Å². The van der Waals surface area contributed by atoms with Crippen LogP contribution in [0.25, 0.3) is 0 Å². The van der Waals surface area contributed by atoms with Gasteiger partial charge in [0.2, 0.25) is 10.0 Å². The Morgan fingerprint density at radius 2 is 1.67 bits per heavy atom. The third-order valence-corrected chi connectivity index (χ3v) is 5.54. The summed E-state index contributed by atoms with van der Waals surface area (Å²) in [6, 6.07) is 11.1. The van der Waals surface area contributed by atoms with E-state index in [1.54, 1.807) is 51.1 Å². The SMILES string of the molecule is COc1ccc(N(CC(=O)N/N=C\c2ccc(OCC(=O)OC(C)(C)C)cc2)S(C)(=O)=O)cc1OC. The van der Waals surface area contributed by atoms with Crippen LogP contribution in [0.5, 0.6) is 17.2 Å². The summed E-state index contributed by atoms with van der Waals surface area (Å²) in [5, 5.41) is 3.87. The van der Waals surface area contributed by atoms with Crippen molar-refractivity contribution in [1.29, 1.82) is 0 Å². The number of carbonyl (C=O) groups excluding carboxylic acids is 2. The summed E-state index contributed by atoms with van der Waals surface area (Å²) in [6.45, 7) is 4.59. The highest BCUT2D eigenvalue weighted by atomic mass is 32.2. The molecule has 0 unspecified atom stereocenters. The second-order valence-corrected chi connectivity index (χ2v) is 10.5. The number of carbonyl (C=O) groups is 2. The predicted molar refractivity (Wildman–Crippen MR) is 135 cm³/mol. The topological polar surface area (TPSA) is 133 Å². The van der Waals surface area contributed by atoms with Crippen LogP contribution in [-0.2, 0) is 24.3 Å². The second kappa shape index (κ2) is 12.2. The van der Waals surface area contributed by atoms with Crippen molar-refractivity contribution in [2.24, 2.45) is 5.10 Å². The molecule has 0 aromatic heterocycles. The minimum absolute atomic E-state index is 0.225. The van der Waals surface area contributed by atoms with Crippen LogP contribution in [0, 0.1) is 0 Å². The molecule has 1 N–H and O–H groups in total. The number of anilines is 1. The van der Waals surface area contributed by atoms with Crippen molar-refractivity contribution < 1.29 is 37.0 Å². The third kappa shape index (κ3) is 9.10. The molecule has 2 aromatic rings. The molecule has 0 heterocycles. The lowest BCUT2D eigenvalue weighted by molar-refractivity contribution is -0.157. The van der Waals surface area contributed by atoms with Gasteiger partial charge in [-0.1, -0.05) is 0 Å². The van der Waals surface area contributed by atoms with Gasteiger partial charge in [-0.25, -0.2) is 18.6 Å². The van der Waals surface area contributed by atoms with Gasteiger partial charge in [-0.05, 0) is 62.7 Å². The molecule has 0 atom stereocenters. The van der Waals surface area contributed by atoms with Gasteiger partial charge in [0.25, 0.3) is 5.91 Å². The summed E-state index contributed by atoms with van der Waals surface area (Å²) < 4.78 is 46.5. The average molecular weight is 522 g/mol. The van der Waals surface area contributed by atoms with Gasteiger partial charge in [-0.15, -0.1) is 0 Å². The summed E-state index contributed by atoms with van der Waals surface area (Å²) in [5.41, 5.74) is 2.59. The molecular weight excluding hydrogens is 490 g/mol. The Hall–Kier alpha value is -3.80. The lowest BCUT2D eigenvalue weighted by Crippen LogP contribution is -2.39. The van der Waals surface area contributed by atoms with Crippen LogP contribution in [-0.4, -0.2) is 65.7 Å². The lowest BCUT2D eigenvalue weighted by Gasteiger charge is -2.22. The number of hydrazone groups is 1. The Labute approximate surface area is 211 Å². The van der Waals surface area contributed by atoms with Crippen LogP contribution in [0.2, 0.25) is 0 Å². The van der Waals surface area contributed by atoms with Gasteiger partial charge in [-0.3, -0.25) is 9.10 Å². The molecule has 0 saturated carbocycles. The van der Waals surface area contributed by atoms with Gasteiger partial charge in [0.15, 0.2) is 18.1 Å². The van der Waals surface area contributed by atoms with Crippen molar-refractivity contribution in [3.05, 3.63) is 48.0 Å². The highest BCUT2D eigenvalue weighted by Gasteiger charge is 2.22. The fourth-order valence-electron chi connectivity index (χ4n) is 2.89. The molecule has 0 bridgehead atoms. The smallest absolute Gasteiger partial charge is 0.344 e. The van der Waals surface area contributed by atoms with Crippen molar-refractivity contribution in [2.45, 2.75) is 26.4 Å². The fourth-order valence-corrected chi connectivity index (χ4v) is 3.74. The van der Waals surface area contributed by atoms with Crippen LogP contribution in [0.1, 0.15) is 26.3 Å². The number of rotatable bonds is 11. The predicted octanol–water partition coefficient (Wildman–Crippen LogP) is 2.34. The summed E-state index contributed by atoms with van der Waals surface area (Å²) in [5.74, 6) is 0.0715. The molecule has 0 saturated heterocycles. The van der Waals surface area contributed by atoms with Gasteiger partial charge in [-0.2, -0.15) is 5.10 Å². The number of hydrogen-bond acceptors (Lipinski definition) is 9. The molecule has 0 radical (unpaired) electrons. The van der Waals surface area contributed by atoms with E-state index in [0.29, 0.717) is 22.8 Å². The number of ether oxygens (including phenoxy) is 4. The first kappa shape index (κ1) is 28.4. The number of hydrogen-bond donors (Lipinski definition) is 1. The van der Waals surface area contributed by atoms with E-state index in [-0.39, 0.29) is 12.3 Å². The van der Waals surface area contributed by atoms with Gasteiger partial charge < -0.3 is 18.9 Å². The maximum atomic E-state index is 12.4. The van der Waals surface area contributed by atoms with E-state index in [4.69, 9.17) is 18.9 Å². The summed E-state index contributed by atoms with van der Waals surface area (Å²) >= 11 is 0. The number of amides is 1. The summed E-state index contributed by atoms with van der Waals surface area (Å²) in [6.07, 6.45) is 2.38. The van der Waals surface area contributed by atoms with Crippen molar-refractivity contribution in [2.75, 3.05) is 37.9 Å². The quantitative estimate of drug-likeness (QED) is 0.271. The standard InChI is InChI=1S/C24H31N3O8S/c1-24(2,3)35-23(29)16-34-19-10-7-17(8-11-19)14-25-26-22(28)15-27(36(6,30)31)18-9-12-20(32-4)21(13-18)33-5/h7-14H,15-16H2,1-6H3,(H,26,28)/b25-14-. The summed E-state index contributed by atoms with van der Waals surface area (Å²) in [4.78, 5) is 24.1. The molecule has 2 rings (SSSR count). The van der Waals surface area contributed by atoms with E-state index >= 15 is 0 Å². The first-order valence-corrected chi connectivity index (χ1v) is 12.6. The number of nitrogens with one attached hydrogen (secondary N) is 1. The van der Waals surface area contributed by atoms with Crippen LogP contribution >= 0.6 is 0 Å². The largest absolute Gasteiger partial charge is 0.493 e. The Kier molecular flexibility index (Phi) is 9.68. The molecule has 1 amide bonds. The number of methoxy groups -OCH3 is 2. The van der Waals surface area contributed by atoms with E-state index in [9.17, 15) is 18.0 Å². The molecule has 0 fully saturated rings. The minimum atomic E-state index is -3.78. The molecule has 12 heteroatoms. The van der Waals surface area contributed by atoms with Gasteiger partial charge >= 0.3 is 5.97 Å².